The minimum atomic E-state index is -1.25. The van der Waals surface area contributed by atoms with E-state index in [0.717, 1.165) is 39.7 Å². The van der Waals surface area contributed by atoms with E-state index < -0.39 is 35.6 Å². The molecule has 2 aromatic heterocycles. The fourth-order valence-corrected chi connectivity index (χ4v) is 5.12. The molecule has 2 aliphatic heterocycles. The maximum atomic E-state index is 12.7. The van der Waals surface area contributed by atoms with Crippen molar-refractivity contribution in [3.8, 4) is 0 Å². The standard InChI is InChI=1S/C14H12N8O5S3/c15-13-18-9(20-30-13)7(19-27)10(23)17-6-4-1-2-5(29-14-16-3-28-21-14)8(12(25)26)22(4)11(6)24/h3-4,6,27H,1-2H2,(H,17,23)(H,25,26)(H2,15,18,20)/b19-7-. The number of nitrogen functional groups attached to an aromatic ring is 1. The maximum absolute atomic E-state index is 12.7. The van der Waals surface area contributed by atoms with Gasteiger partial charge in [0.1, 0.15) is 17.2 Å². The molecule has 0 bridgehead atoms. The van der Waals surface area contributed by atoms with E-state index in [4.69, 9.17) is 10.9 Å². The zero-order valence-electron chi connectivity index (χ0n) is 14.8. The zero-order valence-corrected chi connectivity index (χ0v) is 17.2. The van der Waals surface area contributed by atoms with Crippen LogP contribution in [-0.2, 0) is 14.4 Å². The van der Waals surface area contributed by atoms with E-state index in [1.165, 1.54) is 5.51 Å². The number of carboxylic acid groups (broad SMARTS) is 1. The van der Waals surface area contributed by atoms with Crippen molar-refractivity contribution in [3.05, 3.63) is 21.9 Å². The van der Waals surface area contributed by atoms with Gasteiger partial charge >= 0.3 is 5.97 Å². The van der Waals surface area contributed by atoms with Gasteiger partial charge < -0.3 is 21.4 Å². The molecule has 0 saturated carbocycles. The Bertz CT molecular complexity index is 1080. The summed E-state index contributed by atoms with van der Waals surface area (Å²) in [4.78, 5) is 46.4. The average Bonchev–Trinajstić information content (AvgIpc) is 3.38. The van der Waals surface area contributed by atoms with Crippen LogP contribution in [0.15, 0.2) is 26.4 Å². The number of carboxylic acids is 1. The molecule has 0 aliphatic carbocycles. The number of fused-ring (bicyclic) bond motifs is 1. The van der Waals surface area contributed by atoms with E-state index in [1.54, 1.807) is 0 Å². The molecule has 16 heteroatoms. The number of oxime groups is 1. The number of nitrogens with zero attached hydrogens (tertiary/aromatic N) is 6. The highest BCUT2D eigenvalue weighted by molar-refractivity contribution is 8.03. The summed E-state index contributed by atoms with van der Waals surface area (Å²) in [5.74, 6) is -2.89. The van der Waals surface area contributed by atoms with E-state index in [2.05, 4.69) is 29.2 Å². The lowest BCUT2D eigenvalue weighted by Crippen LogP contribution is -2.72. The molecule has 2 atom stereocenters. The summed E-state index contributed by atoms with van der Waals surface area (Å²) in [7, 11) is 0. The number of nitrogens with one attached hydrogen (secondary N) is 1. The lowest BCUT2D eigenvalue weighted by atomic mass is 9.86. The van der Waals surface area contributed by atoms with Crippen LogP contribution in [0, 0.1) is 0 Å². The second-order valence-corrected chi connectivity index (χ2v) is 8.51. The SMILES string of the molecule is Nc1nc(/C(=N/O)C(=O)NC2C(=O)N3C(C(=O)O)=C(Sc4ncsn4)CCC23)ns1. The van der Waals surface area contributed by atoms with Crippen LogP contribution >= 0.6 is 34.8 Å². The molecule has 0 aromatic carbocycles. The Labute approximate surface area is 180 Å². The Morgan fingerprint density at radius 2 is 2.20 bits per heavy atom. The number of amides is 2. The second kappa shape index (κ2) is 7.96. The number of hydrogen-bond donors (Lipinski definition) is 4. The highest BCUT2D eigenvalue weighted by Gasteiger charge is 2.54. The summed E-state index contributed by atoms with van der Waals surface area (Å²) in [6.45, 7) is 0. The van der Waals surface area contributed by atoms with Gasteiger partial charge in [0.25, 0.3) is 11.8 Å². The van der Waals surface area contributed by atoms with Crippen molar-refractivity contribution in [1.29, 1.82) is 0 Å². The van der Waals surface area contributed by atoms with Crippen LogP contribution in [0.3, 0.4) is 0 Å². The third-order valence-electron chi connectivity index (χ3n) is 4.41. The van der Waals surface area contributed by atoms with Crippen molar-refractivity contribution in [3.63, 3.8) is 0 Å². The van der Waals surface area contributed by atoms with Crippen LogP contribution in [0.4, 0.5) is 5.13 Å². The quantitative estimate of drug-likeness (QED) is 0.188. The average molecular weight is 469 g/mol. The monoisotopic (exact) mass is 468 g/mol. The van der Waals surface area contributed by atoms with E-state index in [1.807, 2.05) is 0 Å². The minimum absolute atomic E-state index is 0.0768. The van der Waals surface area contributed by atoms with E-state index in [9.17, 15) is 19.5 Å². The van der Waals surface area contributed by atoms with Gasteiger partial charge in [0, 0.05) is 16.4 Å². The number of anilines is 1. The predicted octanol–water partition coefficient (Wildman–Crippen LogP) is -0.272. The number of carbonyl (C=O) groups excluding carboxylic acids is 2. The Morgan fingerprint density at radius 1 is 1.40 bits per heavy atom. The summed E-state index contributed by atoms with van der Waals surface area (Å²) in [5, 5.41) is 24.6. The number of thioether (sulfide) groups is 1. The molecule has 0 radical (unpaired) electrons. The minimum Gasteiger partial charge on any atom is -0.477 e. The first-order valence-corrected chi connectivity index (χ1v) is 10.7. The van der Waals surface area contributed by atoms with Gasteiger partial charge in [-0.05, 0) is 24.4 Å². The molecule has 0 spiro atoms. The number of allylic oxidation sites excluding steroid dienone is 1. The molecule has 4 heterocycles. The number of hydrogen-bond acceptors (Lipinski definition) is 13. The number of rotatable bonds is 6. The smallest absolute Gasteiger partial charge is 0.353 e. The van der Waals surface area contributed by atoms with Crippen LogP contribution in [0.1, 0.15) is 18.7 Å². The molecule has 13 nitrogen and oxygen atoms in total. The van der Waals surface area contributed by atoms with Gasteiger partial charge in [0.2, 0.25) is 16.7 Å². The fraction of sp³-hybridized carbons (Fsp3) is 0.286. The molecule has 4 rings (SSSR count). The van der Waals surface area contributed by atoms with Crippen molar-refractivity contribution in [2.24, 2.45) is 5.16 Å². The highest BCUT2D eigenvalue weighted by atomic mass is 32.2. The second-order valence-electron chi connectivity index (χ2n) is 6.06. The first kappa shape index (κ1) is 20.2. The Hall–Kier alpha value is -3.11. The summed E-state index contributed by atoms with van der Waals surface area (Å²) in [5.41, 5.74) is 6.36. The molecule has 2 aliphatic rings. The first-order valence-electron chi connectivity index (χ1n) is 8.27. The number of nitrogens with two attached hydrogens (primary N) is 1. The lowest BCUT2D eigenvalue weighted by molar-refractivity contribution is -0.155. The summed E-state index contributed by atoms with van der Waals surface area (Å²) in [6, 6.07) is -1.52. The van der Waals surface area contributed by atoms with Crippen molar-refractivity contribution in [2.75, 3.05) is 5.73 Å². The van der Waals surface area contributed by atoms with E-state index in [0.29, 0.717) is 22.9 Å². The molecule has 1 fully saturated rings. The van der Waals surface area contributed by atoms with Gasteiger partial charge in [-0.3, -0.25) is 14.5 Å². The molecule has 156 valence electrons. The van der Waals surface area contributed by atoms with Gasteiger partial charge in [-0.15, -0.1) is 0 Å². The van der Waals surface area contributed by atoms with Crippen molar-refractivity contribution >= 4 is 63.5 Å². The van der Waals surface area contributed by atoms with Gasteiger partial charge in [-0.2, -0.15) is 13.7 Å². The number of aliphatic carboxylic acids is 1. The molecule has 1 saturated heterocycles. The first-order chi connectivity index (χ1) is 14.4. The van der Waals surface area contributed by atoms with E-state index >= 15 is 0 Å². The lowest BCUT2D eigenvalue weighted by Gasteiger charge is -2.49. The molecule has 2 aromatic rings. The third kappa shape index (κ3) is 3.48. The zero-order chi connectivity index (χ0) is 21.4. The fourth-order valence-electron chi connectivity index (χ4n) is 3.18. The highest BCUT2D eigenvalue weighted by Crippen LogP contribution is 2.42. The van der Waals surface area contributed by atoms with Crippen LogP contribution in [-0.4, -0.2) is 69.5 Å². The van der Waals surface area contributed by atoms with Crippen LogP contribution in [0.2, 0.25) is 0 Å². The molecular weight excluding hydrogens is 456 g/mol. The largest absolute Gasteiger partial charge is 0.477 e. The Kier molecular flexibility index (Phi) is 5.35. The third-order valence-corrected chi connectivity index (χ3v) is 6.56. The van der Waals surface area contributed by atoms with E-state index in [-0.39, 0.29) is 16.7 Å². The van der Waals surface area contributed by atoms with Crippen molar-refractivity contribution in [2.45, 2.75) is 30.1 Å². The maximum Gasteiger partial charge on any atom is 0.353 e. The number of β-lactam (4-membered cyclic amide) rings is 1. The summed E-state index contributed by atoms with van der Waals surface area (Å²) >= 11 is 3.05. The van der Waals surface area contributed by atoms with Gasteiger partial charge in [-0.25, -0.2) is 9.78 Å². The summed E-state index contributed by atoms with van der Waals surface area (Å²) in [6.07, 6.45) is 0.797. The predicted molar refractivity (Wildman–Crippen MR) is 105 cm³/mol. The van der Waals surface area contributed by atoms with Crippen molar-refractivity contribution < 1.29 is 24.7 Å². The number of carbonyl (C=O) groups is 3. The molecule has 30 heavy (non-hydrogen) atoms. The molecule has 2 amide bonds. The molecule has 2 unspecified atom stereocenters. The van der Waals surface area contributed by atoms with Crippen LogP contribution in [0.25, 0.3) is 0 Å². The summed E-state index contributed by atoms with van der Waals surface area (Å²) < 4.78 is 7.85. The normalized spacial score (nSPS) is 21.3. The van der Waals surface area contributed by atoms with Gasteiger partial charge in [0.05, 0.1) is 6.04 Å². The van der Waals surface area contributed by atoms with Crippen LogP contribution < -0.4 is 11.1 Å². The van der Waals surface area contributed by atoms with Gasteiger partial charge in [0.15, 0.2) is 5.13 Å². The molecular formula is C14H12N8O5S3. The Balaban J connectivity index is 1.52. The number of aromatic nitrogens is 4. The van der Waals surface area contributed by atoms with Crippen LogP contribution in [0.5, 0.6) is 0 Å². The van der Waals surface area contributed by atoms with Crippen molar-refractivity contribution in [1.82, 2.24) is 28.9 Å². The van der Waals surface area contributed by atoms with Gasteiger partial charge in [-0.1, -0.05) is 16.9 Å². The molecule has 5 N–H and O–H groups in total. The topological polar surface area (TPSA) is 197 Å². The Morgan fingerprint density at radius 3 is 2.80 bits per heavy atom.